The highest BCUT2D eigenvalue weighted by Gasteiger charge is 2.22. The molecule has 3 aromatic rings. The minimum absolute atomic E-state index is 0.0903. The lowest BCUT2D eigenvalue weighted by Gasteiger charge is -2.36. The Kier molecular flexibility index (Phi) is 4.19. The van der Waals surface area contributed by atoms with Crippen LogP contribution in [0.3, 0.4) is 0 Å². The van der Waals surface area contributed by atoms with Crippen molar-refractivity contribution in [3.05, 3.63) is 53.7 Å². The van der Waals surface area contributed by atoms with E-state index in [0.717, 1.165) is 40.4 Å². The summed E-state index contributed by atoms with van der Waals surface area (Å²) in [6.07, 6.45) is 1.72. The van der Waals surface area contributed by atoms with Crippen LogP contribution in [-0.4, -0.2) is 47.3 Å². The fourth-order valence-electron chi connectivity index (χ4n) is 3.13. The molecular formula is C18H18ClN5O. The summed E-state index contributed by atoms with van der Waals surface area (Å²) in [5, 5.41) is 11.6. The number of benzene rings is 2. The molecule has 6 nitrogen and oxygen atoms in total. The van der Waals surface area contributed by atoms with E-state index in [1.54, 1.807) is 6.20 Å². The number of aromatic amines is 1. The highest BCUT2D eigenvalue weighted by atomic mass is 35.5. The van der Waals surface area contributed by atoms with Gasteiger partial charge in [-0.1, -0.05) is 29.8 Å². The average molecular weight is 356 g/mol. The van der Waals surface area contributed by atoms with Gasteiger partial charge in [-0.2, -0.15) is 5.10 Å². The number of nitrogens with zero attached hydrogens (tertiary/aromatic N) is 3. The third-order valence-corrected chi connectivity index (χ3v) is 4.81. The lowest BCUT2D eigenvalue weighted by molar-refractivity contribution is 0.208. The molecule has 1 aliphatic heterocycles. The van der Waals surface area contributed by atoms with Gasteiger partial charge in [0.25, 0.3) is 0 Å². The third kappa shape index (κ3) is 3.13. The first-order valence-corrected chi connectivity index (χ1v) is 8.58. The van der Waals surface area contributed by atoms with Gasteiger partial charge in [0.2, 0.25) is 0 Å². The number of aromatic nitrogens is 2. The molecule has 128 valence electrons. The molecule has 4 rings (SSSR count). The molecule has 1 fully saturated rings. The van der Waals surface area contributed by atoms with E-state index >= 15 is 0 Å². The zero-order valence-corrected chi connectivity index (χ0v) is 14.3. The molecule has 1 aliphatic rings. The van der Waals surface area contributed by atoms with Crippen molar-refractivity contribution in [3.63, 3.8) is 0 Å². The second-order valence-corrected chi connectivity index (χ2v) is 6.40. The van der Waals surface area contributed by atoms with Crippen molar-refractivity contribution in [1.82, 2.24) is 15.1 Å². The molecule has 1 saturated heterocycles. The molecule has 2 heterocycles. The zero-order valence-electron chi connectivity index (χ0n) is 13.6. The fraction of sp³-hybridized carbons (Fsp3) is 0.222. The smallest absolute Gasteiger partial charge is 0.321 e. The van der Waals surface area contributed by atoms with Crippen molar-refractivity contribution in [2.75, 3.05) is 36.4 Å². The quantitative estimate of drug-likeness (QED) is 0.738. The third-order valence-electron chi connectivity index (χ3n) is 4.49. The molecule has 7 heteroatoms. The van der Waals surface area contributed by atoms with Crippen LogP contribution in [0.15, 0.2) is 48.7 Å². The van der Waals surface area contributed by atoms with E-state index in [2.05, 4.69) is 20.4 Å². The highest BCUT2D eigenvalue weighted by molar-refractivity contribution is 6.33. The van der Waals surface area contributed by atoms with E-state index in [9.17, 15) is 4.79 Å². The largest absolute Gasteiger partial charge is 0.367 e. The summed E-state index contributed by atoms with van der Waals surface area (Å²) in [7, 11) is 0. The number of amides is 2. The topological polar surface area (TPSA) is 64.3 Å². The van der Waals surface area contributed by atoms with E-state index in [-0.39, 0.29) is 6.03 Å². The van der Waals surface area contributed by atoms with Gasteiger partial charge in [0.15, 0.2) is 0 Å². The molecule has 2 amide bonds. The van der Waals surface area contributed by atoms with E-state index < -0.39 is 0 Å². The second kappa shape index (κ2) is 6.64. The predicted molar refractivity (Wildman–Crippen MR) is 100 cm³/mol. The SMILES string of the molecule is O=C(Nc1cccc2[nH]ncc12)N1CCN(c2ccccc2Cl)CC1. The molecule has 0 atom stereocenters. The highest BCUT2D eigenvalue weighted by Crippen LogP contribution is 2.26. The van der Waals surface area contributed by atoms with Gasteiger partial charge in [-0.3, -0.25) is 5.10 Å². The fourth-order valence-corrected chi connectivity index (χ4v) is 3.39. The number of nitrogens with one attached hydrogen (secondary N) is 2. The monoisotopic (exact) mass is 355 g/mol. The van der Waals surface area contributed by atoms with E-state index in [1.807, 2.05) is 47.4 Å². The number of hydrogen-bond donors (Lipinski definition) is 2. The van der Waals surface area contributed by atoms with Crippen LogP contribution in [-0.2, 0) is 0 Å². The first-order chi connectivity index (χ1) is 12.2. The number of para-hydroxylation sites is 1. The zero-order chi connectivity index (χ0) is 17.2. The average Bonchev–Trinajstić information content (AvgIpc) is 3.12. The van der Waals surface area contributed by atoms with Crippen LogP contribution in [0.4, 0.5) is 16.2 Å². The van der Waals surface area contributed by atoms with Gasteiger partial charge in [-0.15, -0.1) is 0 Å². The van der Waals surface area contributed by atoms with Gasteiger partial charge >= 0.3 is 6.03 Å². The van der Waals surface area contributed by atoms with Gasteiger partial charge in [0.05, 0.1) is 28.1 Å². The summed E-state index contributed by atoms with van der Waals surface area (Å²) in [6, 6.07) is 13.4. The van der Waals surface area contributed by atoms with Crippen LogP contribution >= 0.6 is 11.6 Å². The van der Waals surface area contributed by atoms with Gasteiger partial charge in [-0.05, 0) is 24.3 Å². The molecule has 0 bridgehead atoms. The summed E-state index contributed by atoms with van der Waals surface area (Å²) >= 11 is 6.27. The Morgan fingerprint density at radius 3 is 2.68 bits per heavy atom. The number of hydrogen-bond acceptors (Lipinski definition) is 3. The number of urea groups is 1. The lowest BCUT2D eigenvalue weighted by Crippen LogP contribution is -2.50. The van der Waals surface area contributed by atoms with Gasteiger partial charge in [0.1, 0.15) is 0 Å². The van der Waals surface area contributed by atoms with Crippen molar-refractivity contribution in [2.24, 2.45) is 0 Å². The number of rotatable bonds is 2. The van der Waals surface area contributed by atoms with Gasteiger partial charge in [-0.25, -0.2) is 4.79 Å². The number of carbonyl (C=O) groups is 1. The number of piperazine rings is 1. The molecule has 0 radical (unpaired) electrons. The maximum absolute atomic E-state index is 12.6. The Morgan fingerprint density at radius 2 is 1.88 bits per heavy atom. The maximum atomic E-state index is 12.6. The number of fused-ring (bicyclic) bond motifs is 1. The van der Waals surface area contributed by atoms with E-state index in [4.69, 9.17) is 11.6 Å². The van der Waals surface area contributed by atoms with Crippen molar-refractivity contribution >= 4 is 39.9 Å². The number of H-pyrrole nitrogens is 1. The van der Waals surface area contributed by atoms with Crippen LogP contribution in [0.25, 0.3) is 10.9 Å². The Labute approximate surface area is 150 Å². The molecule has 1 aromatic heterocycles. The summed E-state index contributed by atoms with van der Waals surface area (Å²) in [6.45, 7) is 2.82. The number of halogens is 1. The Hall–Kier alpha value is -2.73. The van der Waals surface area contributed by atoms with Crippen LogP contribution in [0.1, 0.15) is 0 Å². The molecule has 2 N–H and O–H groups in total. The van der Waals surface area contributed by atoms with Crippen molar-refractivity contribution < 1.29 is 4.79 Å². The van der Waals surface area contributed by atoms with Crippen LogP contribution in [0, 0.1) is 0 Å². The molecule has 25 heavy (non-hydrogen) atoms. The summed E-state index contributed by atoms with van der Waals surface area (Å²) in [5.74, 6) is 0. The predicted octanol–water partition coefficient (Wildman–Crippen LogP) is 3.57. The van der Waals surface area contributed by atoms with Crippen molar-refractivity contribution in [2.45, 2.75) is 0 Å². The molecular weight excluding hydrogens is 338 g/mol. The van der Waals surface area contributed by atoms with E-state index in [1.165, 1.54) is 0 Å². The molecule has 2 aromatic carbocycles. The van der Waals surface area contributed by atoms with Crippen LogP contribution < -0.4 is 10.2 Å². The first kappa shape index (κ1) is 15.8. The van der Waals surface area contributed by atoms with Crippen LogP contribution in [0.2, 0.25) is 5.02 Å². The normalized spacial score (nSPS) is 14.8. The molecule has 0 spiro atoms. The Balaban J connectivity index is 1.42. The number of anilines is 2. The maximum Gasteiger partial charge on any atom is 0.321 e. The molecule has 0 saturated carbocycles. The Morgan fingerprint density at radius 1 is 1.08 bits per heavy atom. The minimum atomic E-state index is -0.0903. The standard InChI is InChI=1S/C18H18ClN5O/c19-14-4-1-2-7-17(14)23-8-10-24(11-9-23)18(25)21-15-5-3-6-16-13(15)12-20-22-16/h1-7,12H,8-11H2,(H,20,22)(H,21,25). The lowest BCUT2D eigenvalue weighted by atomic mass is 10.2. The van der Waals surface area contributed by atoms with Gasteiger partial charge in [0, 0.05) is 31.6 Å². The van der Waals surface area contributed by atoms with E-state index in [0.29, 0.717) is 13.1 Å². The van der Waals surface area contributed by atoms with Crippen LogP contribution in [0.5, 0.6) is 0 Å². The van der Waals surface area contributed by atoms with Crippen molar-refractivity contribution in [3.8, 4) is 0 Å². The summed E-state index contributed by atoms with van der Waals surface area (Å²) < 4.78 is 0. The summed E-state index contributed by atoms with van der Waals surface area (Å²) in [5.41, 5.74) is 2.69. The minimum Gasteiger partial charge on any atom is -0.367 e. The second-order valence-electron chi connectivity index (χ2n) is 5.99. The van der Waals surface area contributed by atoms with Crippen molar-refractivity contribution in [1.29, 1.82) is 0 Å². The Bertz CT molecular complexity index is 901. The number of carbonyl (C=O) groups excluding carboxylic acids is 1. The van der Waals surface area contributed by atoms with Gasteiger partial charge < -0.3 is 15.1 Å². The first-order valence-electron chi connectivity index (χ1n) is 8.20. The molecule has 0 unspecified atom stereocenters. The summed E-state index contributed by atoms with van der Waals surface area (Å²) in [4.78, 5) is 16.6. The molecule has 0 aliphatic carbocycles.